The van der Waals surface area contributed by atoms with Crippen LogP contribution in [0.3, 0.4) is 0 Å². The van der Waals surface area contributed by atoms with Crippen LogP contribution in [0.4, 0.5) is 11.5 Å². The second-order valence-corrected chi connectivity index (χ2v) is 6.07. The number of amides is 2. The minimum Gasteiger partial charge on any atom is -0.360 e. The molecule has 4 aromatic rings. The van der Waals surface area contributed by atoms with E-state index >= 15 is 0 Å². The number of nitrogens with zero attached hydrogens (tertiary/aromatic N) is 3. The minimum atomic E-state index is -0.442. The lowest BCUT2D eigenvalue weighted by Gasteiger charge is -2.08. The first-order chi connectivity index (χ1) is 13.6. The van der Waals surface area contributed by atoms with Crippen molar-refractivity contribution < 1.29 is 14.1 Å². The Kier molecular flexibility index (Phi) is 4.51. The Morgan fingerprint density at radius 3 is 2.46 bits per heavy atom. The largest absolute Gasteiger partial charge is 0.360 e. The van der Waals surface area contributed by atoms with Crippen molar-refractivity contribution in [2.75, 3.05) is 10.6 Å². The molecule has 28 heavy (non-hydrogen) atoms. The fourth-order valence-electron chi connectivity index (χ4n) is 2.70. The monoisotopic (exact) mass is 373 g/mol. The molecule has 0 aliphatic heterocycles. The van der Waals surface area contributed by atoms with Gasteiger partial charge in [-0.05, 0) is 25.1 Å². The molecule has 4 rings (SSSR count). The van der Waals surface area contributed by atoms with Crippen molar-refractivity contribution in [3.8, 4) is 0 Å². The van der Waals surface area contributed by atoms with Crippen LogP contribution in [0.25, 0.3) is 10.9 Å². The van der Waals surface area contributed by atoms with Crippen molar-refractivity contribution in [2.24, 2.45) is 0 Å². The quantitative estimate of drug-likeness (QED) is 0.567. The Labute approximate surface area is 159 Å². The van der Waals surface area contributed by atoms with Crippen molar-refractivity contribution >= 4 is 34.2 Å². The first-order valence-corrected chi connectivity index (χ1v) is 8.45. The molecular formula is C20H15N5O3. The summed E-state index contributed by atoms with van der Waals surface area (Å²) in [5.74, 6) is 0.0318. The minimum absolute atomic E-state index is 0.226. The van der Waals surface area contributed by atoms with E-state index < -0.39 is 11.8 Å². The normalized spacial score (nSPS) is 10.6. The lowest BCUT2D eigenvalue weighted by Crippen LogP contribution is -2.16. The summed E-state index contributed by atoms with van der Waals surface area (Å²) < 4.78 is 4.91. The maximum Gasteiger partial charge on any atom is 0.258 e. The zero-order valence-electron chi connectivity index (χ0n) is 14.8. The zero-order chi connectivity index (χ0) is 19.5. The van der Waals surface area contributed by atoms with Crippen LogP contribution in [0.5, 0.6) is 0 Å². The number of rotatable bonds is 4. The summed E-state index contributed by atoms with van der Waals surface area (Å²) in [6.07, 6.45) is 4.43. The third-order valence-electron chi connectivity index (χ3n) is 4.01. The molecule has 3 heterocycles. The number of anilines is 2. The van der Waals surface area contributed by atoms with E-state index in [1.807, 2.05) is 24.3 Å². The molecule has 0 unspecified atom stereocenters. The number of pyridine rings is 2. The van der Waals surface area contributed by atoms with Crippen LogP contribution in [-0.2, 0) is 0 Å². The number of carbonyl (C=O) groups excluding carboxylic acids is 2. The van der Waals surface area contributed by atoms with Crippen LogP contribution in [0.15, 0.2) is 65.6 Å². The number of para-hydroxylation sites is 1. The van der Waals surface area contributed by atoms with E-state index in [1.165, 1.54) is 18.5 Å². The molecule has 0 fully saturated rings. The van der Waals surface area contributed by atoms with E-state index in [0.717, 1.165) is 5.39 Å². The van der Waals surface area contributed by atoms with E-state index in [4.69, 9.17) is 4.52 Å². The fourth-order valence-corrected chi connectivity index (χ4v) is 2.70. The second kappa shape index (κ2) is 7.28. The van der Waals surface area contributed by atoms with Crippen molar-refractivity contribution in [3.05, 3.63) is 77.9 Å². The molecule has 0 spiro atoms. The van der Waals surface area contributed by atoms with Gasteiger partial charge in [-0.1, -0.05) is 23.4 Å². The molecule has 0 atom stereocenters. The van der Waals surface area contributed by atoms with Gasteiger partial charge in [0.05, 0.1) is 22.3 Å². The lowest BCUT2D eigenvalue weighted by atomic mass is 10.1. The average Bonchev–Trinajstić information content (AvgIpc) is 3.13. The molecule has 8 heteroatoms. The third-order valence-corrected chi connectivity index (χ3v) is 4.01. The van der Waals surface area contributed by atoms with Crippen molar-refractivity contribution in [1.82, 2.24) is 15.1 Å². The third kappa shape index (κ3) is 3.56. The molecular weight excluding hydrogens is 358 g/mol. The van der Waals surface area contributed by atoms with E-state index in [9.17, 15) is 9.59 Å². The smallest absolute Gasteiger partial charge is 0.258 e. The molecule has 8 nitrogen and oxygen atoms in total. The fraction of sp³-hybridized carbons (Fsp3) is 0.0500. The molecule has 0 saturated carbocycles. The first-order valence-electron chi connectivity index (χ1n) is 8.45. The highest BCUT2D eigenvalue weighted by atomic mass is 16.5. The van der Waals surface area contributed by atoms with Gasteiger partial charge in [0.2, 0.25) is 0 Å². The molecule has 2 amide bonds. The van der Waals surface area contributed by atoms with Gasteiger partial charge in [0.25, 0.3) is 11.8 Å². The Morgan fingerprint density at radius 1 is 0.964 bits per heavy atom. The summed E-state index contributed by atoms with van der Waals surface area (Å²) in [5.41, 5.74) is 1.74. The standard InChI is InChI=1S/C20H15N5O3/c1-12-8-17(25-28-12)24-20(27)15-9-14(10-21-11-15)19(26)23-16-6-2-4-13-5-3-7-22-18(13)16/h2-11H,1H3,(H,23,26)(H,24,25,27). The topological polar surface area (TPSA) is 110 Å². The Bertz CT molecular complexity index is 1180. The van der Waals surface area contributed by atoms with Crippen LogP contribution < -0.4 is 10.6 Å². The number of hydrogen-bond donors (Lipinski definition) is 2. The number of fused-ring (bicyclic) bond motifs is 1. The van der Waals surface area contributed by atoms with E-state index in [1.54, 1.807) is 25.3 Å². The number of aryl methyl sites for hydroxylation is 1. The number of nitrogens with one attached hydrogen (secondary N) is 2. The Balaban J connectivity index is 1.55. The van der Waals surface area contributed by atoms with Crippen molar-refractivity contribution in [3.63, 3.8) is 0 Å². The van der Waals surface area contributed by atoms with Crippen LogP contribution in [0.2, 0.25) is 0 Å². The van der Waals surface area contributed by atoms with Gasteiger partial charge >= 0.3 is 0 Å². The molecule has 1 aromatic carbocycles. The highest BCUT2D eigenvalue weighted by molar-refractivity contribution is 6.10. The Morgan fingerprint density at radius 2 is 1.71 bits per heavy atom. The lowest BCUT2D eigenvalue weighted by molar-refractivity contribution is 0.102. The van der Waals surface area contributed by atoms with Crippen LogP contribution in [-0.4, -0.2) is 26.9 Å². The molecule has 3 aromatic heterocycles. The summed E-state index contributed by atoms with van der Waals surface area (Å²) in [7, 11) is 0. The Hall–Kier alpha value is -4.07. The van der Waals surface area contributed by atoms with Gasteiger partial charge in [-0.15, -0.1) is 0 Å². The number of carbonyl (C=O) groups is 2. The molecule has 0 aliphatic rings. The number of aromatic nitrogens is 3. The van der Waals surface area contributed by atoms with Gasteiger partial charge in [0.15, 0.2) is 5.82 Å². The molecule has 138 valence electrons. The van der Waals surface area contributed by atoms with Crippen LogP contribution >= 0.6 is 0 Å². The highest BCUT2D eigenvalue weighted by Gasteiger charge is 2.14. The summed E-state index contributed by atoms with van der Waals surface area (Å²) in [6.45, 7) is 1.72. The van der Waals surface area contributed by atoms with E-state index in [0.29, 0.717) is 22.8 Å². The zero-order valence-corrected chi connectivity index (χ0v) is 14.8. The molecule has 0 radical (unpaired) electrons. The summed E-state index contributed by atoms with van der Waals surface area (Å²) in [5, 5.41) is 10.0. The summed E-state index contributed by atoms with van der Waals surface area (Å²) in [4.78, 5) is 33.3. The summed E-state index contributed by atoms with van der Waals surface area (Å²) in [6, 6.07) is 12.3. The van der Waals surface area contributed by atoms with E-state index in [-0.39, 0.29) is 11.1 Å². The van der Waals surface area contributed by atoms with Gasteiger partial charge in [-0.25, -0.2) is 0 Å². The molecule has 0 saturated heterocycles. The van der Waals surface area contributed by atoms with Crippen molar-refractivity contribution in [2.45, 2.75) is 6.92 Å². The molecule has 0 aliphatic carbocycles. The van der Waals surface area contributed by atoms with Gasteiger partial charge in [-0.3, -0.25) is 19.6 Å². The predicted molar refractivity (Wildman–Crippen MR) is 103 cm³/mol. The number of benzene rings is 1. The van der Waals surface area contributed by atoms with Crippen molar-refractivity contribution in [1.29, 1.82) is 0 Å². The maximum atomic E-state index is 12.7. The van der Waals surface area contributed by atoms with Gasteiger partial charge < -0.3 is 15.2 Å². The second-order valence-electron chi connectivity index (χ2n) is 6.07. The maximum absolute atomic E-state index is 12.7. The molecule has 2 N–H and O–H groups in total. The van der Waals surface area contributed by atoms with E-state index in [2.05, 4.69) is 25.8 Å². The highest BCUT2D eigenvalue weighted by Crippen LogP contribution is 2.21. The van der Waals surface area contributed by atoms with Gasteiger partial charge in [0.1, 0.15) is 5.76 Å². The first kappa shape index (κ1) is 17.3. The molecule has 0 bridgehead atoms. The number of hydrogen-bond acceptors (Lipinski definition) is 6. The predicted octanol–water partition coefficient (Wildman–Crippen LogP) is 3.43. The van der Waals surface area contributed by atoms with Crippen LogP contribution in [0, 0.1) is 6.92 Å². The summed E-state index contributed by atoms with van der Waals surface area (Å²) >= 11 is 0. The van der Waals surface area contributed by atoms with Crippen LogP contribution in [0.1, 0.15) is 26.5 Å². The SMILES string of the molecule is Cc1cc(NC(=O)c2cncc(C(=O)Nc3cccc4cccnc34)c2)no1. The van der Waals surface area contributed by atoms with Gasteiger partial charge in [-0.2, -0.15) is 0 Å². The van der Waals surface area contributed by atoms with Gasteiger partial charge in [0, 0.05) is 30.0 Å². The average molecular weight is 373 g/mol.